The summed E-state index contributed by atoms with van der Waals surface area (Å²) in [5.74, 6) is 0.418. The van der Waals surface area contributed by atoms with Crippen LogP contribution in [-0.4, -0.2) is 5.78 Å². The molecular formula is C9H17NO. The standard InChI is InChI=1S/C9H17NO/c1-6(2)8(10)5-9(11)7(3)4/h5-7H,10H2,1-4H3/b8-5-. The van der Waals surface area contributed by atoms with Crippen molar-refractivity contribution in [1.82, 2.24) is 0 Å². The molecule has 0 unspecified atom stereocenters. The van der Waals surface area contributed by atoms with Crippen LogP contribution >= 0.6 is 0 Å². The Balaban J connectivity index is 4.20. The van der Waals surface area contributed by atoms with Crippen molar-refractivity contribution in [3.8, 4) is 0 Å². The first-order chi connectivity index (χ1) is 4.95. The predicted molar refractivity (Wildman–Crippen MR) is 47.0 cm³/mol. The molecule has 0 aliphatic carbocycles. The van der Waals surface area contributed by atoms with Crippen molar-refractivity contribution in [1.29, 1.82) is 0 Å². The fourth-order valence-electron chi connectivity index (χ4n) is 0.498. The van der Waals surface area contributed by atoms with Gasteiger partial charge in [-0.2, -0.15) is 0 Å². The van der Waals surface area contributed by atoms with Crippen LogP contribution in [0.4, 0.5) is 0 Å². The summed E-state index contributed by atoms with van der Waals surface area (Å²) in [6.45, 7) is 7.68. The van der Waals surface area contributed by atoms with Crippen LogP contribution in [0.25, 0.3) is 0 Å². The molecule has 0 aromatic rings. The van der Waals surface area contributed by atoms with Crippen molar-refractivity contribution in [3.05, 3.63) is 11.8 Å². The molecule has 2 heteroatoms. The topological polar surface area (TPSA) is 43.1 Å². The maximum atomic E-state index is 11.1. The minimum Gasteiger partial charge on any atom is -0.402 e. The number of allylic oxidation sites excluding steroid dienone is 2. The number of nitrogens with two attached hydrogens (primary N) is 1. The van der Waals surface area contributed by atoms with Gasteiger partial charge in [0.1, 0.15) is 0 Å². The Bertz CT molecular complexity index is 168. The first-order valence-corrected chi connectivity index (χ1v) is 3.96. The van der Waals surface area contributed by atoms with E-state index in [2.05, 4.69) is 0 Å². The maximum Gasteiger partial charge on any atom is 0.159 e. The molecule has 0 heterocycles. The summed E-state index contributed by atoms with van der Waals surface area (Å²) in [4.78, 5) is 11.1. The normalized spacial score (nSPS) is 12.7. The molecule has 0 aromatic carbocycles. The number of carbonyl (C=O) groups is 1. The van der Waals surface area contributed by atoms with E-state index in [1.807, 2.05) is 27.7 Å². The monoisotopic (exact) mass is 155 g/mol. The number of rotatable bonds is 3. The second-order valence-electron chi connectivity index (χ2n) is 3.36. The van der Waals surface area contributed by atoms with Crippen LogP contribution in [0.1, 0.15) is 27.7 Å². The second kappa shape index (κ2) is 4.16. The van der Waals surface area contributed by atoms with Gasteiger partial charge in [0.2, 0.25) is 0 Å². The van der Waals surface area contributed by atoms with Crippen LogP contribution in [0.2, 0.25) is 0 Å². The zero-order chi connectivity index (χ0) is 9.02. The van der Waals surface area contributed by atoms with Crippen LogP contribution in [-0.2, 0) is 4.79 Å². The molecule has 0 aromatic heterocycles. The third kappa shape index (κ3) is 3.81. The van der Waals surface area contributed by atoms with Crippen molar-refractivity contribution >= 4 is 5.78 Å². The lowest BCUT2D eigenvalue weighted by Crippen LogP contribution is -2.11. The summed E-state index contributed by atoms with van der Waals surface area (Å²) in [6, 6.07) is 0. The molecule has 0 rings (SSSR count). The number of carbonyl (C=O) groups excluding carboxylic acids is 1. The molecule has 0 spiro atoms. The van der Waals surface area contributed by atoms with Gasteiger partial charge in [-0.15, -0.1) is 0 Å². The van der Waals surface area contributed by atoms with Crippen molar-refractivity contribution in [2.24, 2.45) is 17.6 Å². The van der Waals surface area contributed by atoms with E-state index in [9.17, 15) is 4.79 Å². The fourth-order valence-corrected chi connectivity index (χ4v) is 0.498. The average Bonchev–Trinajstić information content (AvgIpc) is 1.87. The van der Waals surface area contributed by atoms with Gasteiger partial charge in [-0.25, -0.2) is 0 Å². The SMILES string of the molecule is CC(C)C(=O)/C=C(\N)C(C)C. The van der Waals surface area contributed by atoms with Gasteiger partial charge >= 0.3 is 0 Å². The summed E-state index contributed by atoms with van der Waals surface area (Å²) < 4.78 is 0. The van der Waals surface area contributed by atoms with E-state index >= 15 is 0 Å². The van der Waals surface area contributed by atoms with Gasteiger partial charge in [0, 0.05) is 17.7 Å². The van der Waals surface area contributed by atoms with Crippen LogP contribution in [0, 0.1) is 11.8 Å². The van der Waals surface area contributed by atoms with Gasteiger partial charge < -0.3 is 5.73 Å². The molecule has 0 radical (unpaired) electrons. The van der Waals surface area contributed by atoms with Crippen molar-refractivity contribution < 1.29 is 4.79 Å². The molecule has 0 amide bonds. The minimum atomic E-state index is 0.0484. The lowest BCUT2D eigenvalue weighted by atomic mass is 10.0. The van der Waals surface area contributed by atoms with Gasteiger partial charge in [-0.05, 0) is 5.92 Å². The zero-order valence-corrected chi connectivity index (χ0v) is 7.72. The van der Waals surface area contributed by atoms with Gasteiger partial charge in [-0.3, -0.25) is 4.79 Å². The van der Waals surface area contributed by atoms with E-state index < -0.39 is 0 Å². The Kier molecular flexibility index (Phi) is 3.86. The van der Waals surface area contributed by atoms with Gasteiger partial charge in [0.05, 0.1) is 0 Å². The van der Waals surface area contributed by atoms with Crippen molar-refractivity contribution in [2.45, 2.75) is 27.7 Å². The maximum absolute atomic E-state index is 11.1. The second-order valence-corrected chi connectivity index (χ2v) is 3.36. The lowest BCUT2D eigenvalue weighted by molar-refractivity contribution is -0.117. The van der Waals surface area contributed by atoms with E-state index in [1.54, 1.807) is 0 Å². The van der Waals surface area contributed by atoms with Crippen molar-refractivity contribution in [2.75, 3.05) is 0 Å². The molecule has 64 valence electrons. The highest BCUT2D eigenvalue weighted by Gasteiger charge is 2.05. The van der Waals surface area contributed by atoms with Crippen LogP contribution in [0.5, 0.6) is 0 Å². The van der Waals surface area contributed by atoms with Gasteiger partial charge in [0.25, 0.3) is 0 Å². The summed E-state index contributed by atoms with van der Waals surface area (Å²) >= 11 is 0. The molecule has 0 aliphatic heterocycles. The smallest absolute Gasteiger partial charge is 0.159 e. The molecule has 11 heavy (non-hydrogen) atoms. The van der Waals surface area contributed by atoms with E-state index in [4.69, 9.17) is 5.73 Å². The molecule has 0 fully saturated rings. The largest absolute Gasteiger partial charge is 0.402 e. The van der Waals surface area contributed by atoms with Gasteiger partial charge in [-0.1, -0.05) is 27.7 Å². The lowest BCUT2D eigenvalue weighted by Gasteiger charge is -2.05. The van der Waals surface area contributed by atoms with Crippen LogP contribution < -0.4 is 5.73 Å². The highest BCUT2D eigenvalue weighted by Crippen LogP contribution is 2.04. The summed E-state index contributed by atoms with van der Waals surface area (Å²) in [7, 11) is 0. The molecule has 0 bridgehead atoms. The van der Waals surface area contributed by atoms with Crippen LogP contribution in [0.15, 0.2) is 11.8 Å². The van der Waals surface area contributed by atoms with Crippen LogP contribution in [0.3, 0.4) is 0 Å². The molecule has 2 N–H and O–H groups in total. The van der Waals surface area contributed by atoms with E-state index in [1.165, 1.54) is 6.08 Å². The van der Waals surface area contributed by atoms with E-state index in [0.29, 0.717) is 5.70 Å². The highest BCUT2D eigenvalue weighted by atomic mass is 16.1. The zero-order valence-electron chi connectivity index (χ0n) is 7.72. The third-order valence-corrected chi connectivity index (χ3v) is 1.54. The molecule has 0 atom stereocenters. The molecule has 2 nitrogen and oxygen atoms in total. The number of hydrogen-bond acceptors (Lipinski definition) is 2. The Morgan fingerprint density at radius 2 is 1.64 bits per heavy atom. The van der Waals surface area contributed by atoms with E-state index in [-0.39, 0.29) is 17.6 Å². The average molecular weight is 155 g/mol. The Hall–Kier alpha value is -0.790. The Morgan fingerprint density at radius 3 is 1.91 bits per heavy atom. The minimum absolute atomic E-state index is 0.0484. The molecule has 0 saturated heterocycles. The third-order valence-electron chi connectivity index (χ3n) is 1.54. The number of ketones is 1. The molecule has 0 saturated carbocycles. The number of hydrogen-bond donors (Lipinski definition) is 1. The predicted octanol–water partition coefficient (Wildman–Crippen LogP) is 1.71. The Morgan fingerprint density at radius 1 is 1.18 bits per heavy atom. The first-order valence-electron chi connectivity index (χ1n) is 3.96. The summed E-state index contributed by atoms with van der Waals surface area (Å²) in [5.41, 5.74) is 6.27. The first kappa shape index (κ1) is 10.2. The Labute approximate surface area is 68.5 Å². The highest BCUT2D eigenvalue weighted by molar-refractivity contribution is 5.91. The summed E-state index contributed by atoms with van der Waals surface area (Å²) in [6.07, 6.45) is 1.54. The van der Waals surface area contributed by atoms with Gasteiger partial charge in [0.15, 0.2) is 5.78 Å². The van der Waals surface area contributed by atoms with Crippen molar-refractivity contribution in [3.63, 3.8) is 0 Å². The molecular weight excluding hydrogens is 138 g/mol. The fraction of sp³-hybridized carbons (Fsp3) is 0.667. The van der Waals surface area contributed by atoms with E-state index in [0.717, 1.165) is 0 Å². The quantitative estimate of drug-likeness (QED) is 0.630. The summed E-state index contributed by atoms with van der Waals surface area (Å²) in [5, 5.41) is 0. The molecule has 0 aliphatic rings.